The van der Waals surface area contributed by atoms with Crippen LogP contribution >= 0.6 is 0 Å². The average Bonchev–Trinajstić information content (AvgIpc) is 3.26. The second-order valence-electron chi connectivity index (χ2n) is 5.49. The normalized spacial score (nSPS) is 21.8. The van der Waals surface area contributed by atoms with Crippen molar-refractivity contribution in [1.82, 2.24) is 14.9 Å². The number of rotatable bonds is 5. The van der Waals surface area contributed by atoms with Crippen molar-refractivity contribution in [3.63, 3.8) is 0 Å². The van der Waals surface area contributed by atoms with Gasteiger partial charge in [0.05, 0.1) is 6.42 Å². The van der Waals surface area contributed by atoms with Gasteiger partial charge in [0, 0.05) is 25.6 Å². The molecule has 7 heteroatoms. The van der Waals surface area contributed by atoms with Crippen LogP contribution in [0.3, 0.4) is 0 Å². The van der Waals surface area contributed by atoms with Crippen molar-refractivity contribution in [2.45, 2.75) is 38.1 Å². The fourth-order valence-corrected chi connectivity index (χ4v) is 2.38. The van der Waals surface area contributed by atoms with Crippen molar-refractivity contribution in [2.75, 3.05) is 24.2 Å². The molecule has 112 valence electrons. The number of nitrogens with one attached hydrogen (secondary N) is 2. The third-order valence-corrected chi connectivity index (χ3v) is 3.75. The van der Waals surface area contributed by atoms with Crippen LogP contribution in [0.1, 0.15) is 37.9 Å². The minimum Gasteiger partial charge on any atom is -0.370 e. The van der Waals surface area contributed by atoms with E-state index >= 15 is 0 Å². The van der Waals surface area contributed by atoms with Gasteiger partial charge in [-0.25, -0.2) is 9.97 Å². The minimum absolute atomic E-state index is 0.166. The molecule has 1 aromatic heterocycles. The maximum atomic E-state index is 11.9. The molecule has 1 saturated heterocycles. The number of aromatic nitrogens is 2. The van der Waals surface area contributed by atoms with Crippen LogP contribution in [-0.2, 0) is 9.59 Å². The molecule has 2 N–H and O–H groups in total. The lowest BCUT2D eigenvalue weighted by atomic mass is 10.2. The highest BCUT2D eigenvalue weighted by atomic mass is 16.2. The van der Waals surface area contributed by atoms with Gasteiger partial charge >= 0.3 is 0 Å². The van der Waals surface area contributed by atoms with Crippen LogP contribution in [0.15, 0.2) is 6.07 Å². The second-order valence-corrected chi connectivity index (χ2v) is 5.49. The van der Waals surface area contributed by atoms with Gasteiger partial charge in [0.1, 0.15) is 23.5 Å². The molecule has 0 spiro atoms. The van der Waals surface area contributed by atoms with Crippen LogP contribution in [0.5, 0.6) is 0 Å². The number of carbonyl (C=O) groups excluding carboxylic acids is 2. The van der Waals surface area contributed by atoms with Gasteiger partial charge in [-0.05, 0) is 19.8 Å². The summed E-state index contributed by atoms with van der Waals surface area (Å²) in [6.45, 7) is 2.77. The summed E-state index contributed by atoms with van der Waals surface area (Å²) in [6.07, 6.45) is 2.39. The number of likely N-dealkylation sites (tertiary alicyclic amines) is 1. The number of nitrogens with zero attached hydrogens (tertiary/aromatic N) is 3. The molecule has 1 aromatic rings. The molecule has 0 aromatic carbocycles. The lowest BCUT2D eigenvalue weighted by molar-refractivity contribution is -0.136. The molecule has 1 aliphatic carbocycles. The first-order valence-electron chi connectivity index (χ1n) is 7.28. The Morgan fingerprint density at radius 3 is 2.57 bits per heavy atom. The quantitative estimate of drug-likeness (QED) is 0.785. The zero-order valence-corrected chi connectivity index (χ0v) is 12.2. The van der Waals surface area contributed by atoms with Gasteiger partial charge in [-0.2, -0.15) is 0 Å². The number of hydrogen-bond acceptors (Lipinski definition) is 6. The van der Waals surface area contributed by atoms with Gasteiger partial charge in [-0.3, -0.25) is 14.5 Å². The maximum absolute atomic E-state index is 11.9. The number of hydrogen-bond donors (Lipinski definition) is 2. The summed E-state index contributed by atoms with van der Waals surface area (Å²) in [6, 6.07) is 1.25. The predicted octanol–water partition coefficient (Wildman–Crippen LogP) is 0.955. The summed E-state index contributed by atoms with van der Waals surface area (Å²) in [4.78, 5) is 33.6. The van der Waals surface area contributed by atoms with Gasteiger partial charge in [-0.15, -0.1) is 0 Å². The van der Waals surface area contributed by atoms with Crippen molar-refractivity contribution in [3.05, 3.63) is 11.9 Å². The standard InChI is InChI=1S/C14H19N5O2/c1-3-15-10-7-11(18-13(17-10)8-4-5-8)16-9-6-12(20)19(2)14(9)21/h7-9H,3-6H2,1-2H3,(H2,15,16,17,18). The van der Waals surface area contributed by atoms with E-state index in [-0.39, 0.29) is 18.2 Å². The zero-order valence-electron chi connectivity index (χ0n) is 12.2. The van der Waals surface area contributed by atoms with Crippen molar-refractivity contribution < 1.29 is 9.59 Å². The first kappa shape index (κ1) is 13.8. The molecule has 0 radical (unpaired) electrons. The summed E-state index contributed by atoms with van der Waals surface area (Å²) in [5.74, 6) is 2.21. The van der Waals surface area contributed by atoms with E-state index in [2.05, 4.69) is 20.6 Å². The summed E-state index contributed by atoms with van der Waals surface area (Å²) in [5.41, 5.74) is 0. The highest BCUT2D eigenvalue weighted by molar-refractivity contribution is 6.06. The maximum Gasteiger partial charge on any atom is 0.251 e. The van der Waals surface area contributed by atoms with E-state index in [9.17, 15) is 9.59 Å². The van der Waals surface area contributed by atoms with Crippen LogP contribution in [0, 0.1) is 0 Å². The SMILES string of the molecule is CCNc1cc(NC2CC(=O)N(C)C2=O)nc(C2CC2)n1. The fraction of sp³-hybridized carbons (Fsp3) is 0.571. The molecular weight excluding hydrogens is 270 g/mol. The van der Waals surface area contributed by atoms with Gasteiger partial charge in [0.25, 0.3) is 5.91 Å². The largest absolute Gasteiger partial charge is 0.370 e. The highest BCUT2D eigenvalue weighted by Crippen LogP contribution is 2.39. The molecule has 2 aliphatic rings. The highest BCUT2D eigenvalue weighted by Gasteiger charge is 2.36. The molecule has 1 atom stereocenters. The number of imide groups is 1. The molecule has 7 nitrogen and oxygen atoms in total. The van der Waals surface area contributed by atoms with Gasteiger partial charge in [0.2, 0.25) is 5.91 Å². The Morgan fingerprint density at radius 1 is 1.29 bits per heavy atom. The first-order valence-corrected chi connectivity index (χ1v) is 7.28. The van der Waals surface area contributed by atoms with Gasteiger partial charge in [-0.1, -0.05) is 0 Å². The topological polar surface area (TPSA) is 87.2 Å². The number of carbonyl (C=O) groups is 2. The third-order valence-electron chi connectivity index (χ3n) is 3.75. The van der Waals surface area contributed by atoms with Crippen LogP contribution in [0.2, 0.25) is 0 Å². The Bertz CT molecular complexity index is 585. The van der Waals surface area contributed by atoms with Gasteiger partial charge in [0.15, 0.2) is 0 Å². The summed E-state index contributed by atoms with van der Waals surface area (Å²) < 4.78 is 0. The molecule has 2 fully saturated rings. The minimum atomic E-state index is -0.529. The Kier molecular flexibility index (Phi) is 3.48. The molecule has 3 rings (SSSR count). The molecule has 1 aliphatic heterocycles. The summed E-state index contributed by atoms with van der Waals surface area (Å²) in [5, 5.41) is 6.24. The molecule has 2 amide bonds. The molecule has 21 heavy (non-hydrogen) atoms. The van der Waals surface area contributed by atoms with Crippen molar-refractivity contribution in [2.24, 2.45) is 0 Å². The van der Waals surface area contributed by atoms with E-state index in [1.807, 2.05) is 6.92 Å². The summed E-state index contributed by atoms with van der Waals surface area (Å²) in [7, 11) is 1.51. The number of anilines is 2. The third kappa shape index (κ3) is 2.81. The fourth-order valence-electron chi connectivity index (χ4n) is 2.38. The predicted molar refractivity (Wildman–Crippen MR) is 78.0 cm³/mol. The average molecular weight is 289 g/mol. The van der Waals surface area contributed by atoms with Crippen LogP contribution in [-0.4, -0.2) is 46.3 Å². The van der Waals surface area contributed by atoms with Crippen LogP contribution < -0.4 is 10.6 Å². The van der Waals surface area contributed by atoms with E-state index in [0.717, 1.165) is 35.9 Å². The molecule has 1 unspecified atom stereocenters. The molecule has 2 heterocycles. The van der Waals surface area contributed by atoms with Crippen molar-refractivity contribution in [3.8, 4) is 0 Å². The zero-order chi connectivity index (χ0) is 15.0. The first-order chi connectivity index (χ1) is 10.1. The van der Waals surface area contributed by atoms with Crippen molar-refractivity contribution in [1.29, 1.82) is 0 Å². The van der Waals surface area contributed by atoms with Crippen molar-refractivity contribution >= 4 is 23.5 Å². The second kappa shape index (κ2) is 5.31. The molecular formula is C14H19N5O2. The Hall–Kier alpha value is -2.18. The lowest BCUT2D eigenvalue weighted by Crippen LogP contribution is -2.32. The Morgan fingerprint density at radius 2 is 2.00 bits per heavy atom. The van der Waals surface area contributed by atoms with E-state index in [4.69, 9.17) is 0 Å². The number of likely N-dealkylation sites (N-methyl/N-ethyl adjacent to an activating group) is 1. The number of amides is 2. The lowest BCUT2D eigenvalue weighted by Gasteiger charge is -2.14. The van der Waals surface area contributed by atoms with E-state index in [1.165, 1.54) is 7.05 Å². The summed E-state index contributed by atoms with van der Waals surface area (Å²) >= 11 is 0. The smallest absolute Gasteiger partial charge is 0.251 e. The Balaban J connectivity index is 1.81. The van der Waals surface area contributed by atoms with E-state index in [1.54, 1.807) is 6.07 Å². The molecule has 1 saturated carbocycles. The monoisotopic (exact) mass is 289 g/mol. The van der Waals surface area contributed by atoms with Gasteiger partial charge < -0.3 is 10.6 Å². The van der Waals surface area contributed by atoms with Crippen LogP contribution in [0.25, 0.3) is 0 Å². The molecule has 0 bridgehead atoms. The Labute approximate surface area is 123 Å². The van der Waals surface area contributed by atoms with Crippen LogP contribution in [0.4, 0.5) is 11.6 Å². The van der Waals surface area contributed by atoms with E-state index in [0.29, 0.717) is 11.7 Å². The van der Waals surface area contributed by atoms with E-state index < -0.39 is 6.04 Å².